The second-order valence-electron chi connectivity index (χ2n) is 7.47. The van der Waals surface area contributed by atoms with Crippen LogP contribution in [0.5, 0.6) is 0 Å². The van der Waals surface area contributed by atoms with E-state index in [1.165, 1.54) is 12.1 Å². The van der Waals surface area contributed by atoms with E-state index in [9.17, 15) is 9.18 Å². The smallest absolute Gasteiger partial charge is 0.227 e. The van der Waals surface area contributed by atoms with Gasteiger partial charge in [0, 0.05) is 50.1 Å². The number of halogens is 1. The van der Waals surface area contributed by atoms with E-state index in [-0.39, 0.29) is 24.1 Å². The van der Waals surface area contributed by atoms with Crippen molar-refractivity contribution in [2.75, 3.05) is 25.5 Å². The number of rotatable bonds is 5. The zero-order chi connectivity index (χ0) is 20.9. The lowest BCUT2D eigenvalue weighted by molar-refractivity contribution is -0.131. The number of carbonyl (C=O) groups is 1. The number of benzene rings is 1. The average molecular weight is 405 g/mol. The molecule has 4 rings (SSSR count). The number of nitrogens with zero attached hydrogens (tertiary/aromatic N) is 4. The summed E-state index contributed by atoms with van der Waals surface area (Å²) in [4.78, 5) is 28.1. The molecule has 1 N–H and O–H groups in total. The summed E-state index contributed by atoms with van der Waals surface area (Å²) >= 11 is 0. The molecule has 0 radical (unpaired) electrons. The molecule has 6 nitrogen and oxygen atoms in total. The number of anilines is 1. The van der Waals surface area contributed by atoms with Crippen molar-refractivity contribution < 1.29 is 9.18 Å². The largest absolute Gasteiger partial charge is 0.373 e. The molecule has 0 spiro atoms. The fourth-order valence-electron chi connectivity index (χ4n) is 3.77. The second-order valence-corrected chi connectivity index (χ2v) is 7.47. The Morgan fingerprint density at radius 1 is 1.17 bits per heavy atom. The average Bonchev–Trinajstić information content (AvgIpc) is 2.81. The number of likely N-dealkylation sites (tertiary alicyclic amines) is 1. The number of nitrogens with one attached hydrogen (secondary N) is 1. The van der Waals surface area contributed by atoms with Gasteiger partial charge in [0.2, 0.25) is 5.91 Å². The minimum absolute atomic E-state index is 0.0589. The first-order valence-corrected chi connectivity index (χ1v) is 10.1. The predicted molar refractivity (Wildman–Crippen MR) is 113 cm³/mol. The Morgan fingerprint density at radius 3 is 2.67 bits per heavy atom. The highest BCUT2D eigenvalue weighted by Crippen LogP contribution is 2.29. The van der Waals surface area contributed by atoms with E-state index >= 15 is 0 Å². The molecular formula is C23H24FN5O. The summed E-state index contributed by atoms with van der Waals surface area (Å²) in [6.45, 7) is 1.35. The van der Waals surface area contributed by atoms with Gasteiger partial charge in [-0.1, -0.05) is 12.1 Å². The molecule has 1 aliphatic rings. The van der Waals surface area contributed by atoms with Gasteiger partial charge < -0.3 is 10.2 Å². The lowest BCUT2D eigenvalue weighted by Gasteiger charge is -2.33. The topological polar surface area (TPSA) is 71.0 Å². The summed E-state index contributed by atoms with van der Waals surface area (Å²) in [6.07, 6.45) is 5.61. The quantitative estimate of drug-likeness (QED) is 0.701. The van der Waals surface area contributed by atoms with Crippen LogP contribution in [0.1, 0.15) is 30.0 Å². The van der Waals surface area contributed by atoms with Crippen molar-refractivity contribution in [1.29, 1.82) is 0 Å². The first-order chi connectivity index (χ1) is 14.6. The van der Waals surface area contributed by atoms with E-state index in [1.807, 2.05) is 30.1 Å². The van der Waals surface area contributed by atoms with Crippen LogP contribution in [0.25, 0.3) is 11.4 Å². The lowest BCUT2D eigenvalue weighted by Crippen LogP contribution is -2.40. The summed E-state index contributed by atoms with van der Waals surface area (Å²) in [5.41, 5.74) is 2.66. The Hall–Kier alpha value is -3.35. The maximum absolute atomic E-state index is 13.1. The number of carbonyl (C=O) groups excluding carboxylic acids is 1. The molecule has 7 heteroatoms. The Balaban J connectivity index is 1.52. The van der Waals surface area contributed by atoms with Crippen molar-refractivity contribution in [1.82, 2.24) is 19.9 Å². The van der Waals surface area contributed by atoms with Gasteiger partial charge in [0.1, 0.15) is 11.6 Å². The molecule has 0 bridgehead atoms. The molecule has 1 saturated heterocycles. The second kappa shape index (κ2) is 8.98. The van der Waals surface area contributed by atoms with E-state index < -0.39 is 0 Å². The number of hydrogen-bond acceptors (Lipinski definition) is 5. The van der Waals surface area contributed by atoms with Gasteiger partial charge in [0.15, 0.2) is 5.82 Å². The van der Waals surface area contributed by atoms with Crippen molar-refractivity contribution in [3.05, 3.63) is 71.9 Å². The van der Waals surface area contributed by atoms with E-state index in [0.717, 1.165) is 42.0 Å². The van der Waals surface area contributed by atoms with Crippen molar-refractivity contribution in [3.63, 3.8) is 0 Å². The highest BCUT2D eigenvalue weighted by atomic mass is 19.1. The summed E-state index contributed by atoms with van der Waals surface area (Å²) in [5, 5.41) is 3.11. The molecule has 30 heavy (non-hydrogen) atoms. The van der Waals surface area contributed by atoms with Gasteiger partial charge in [-0.15, -0.1) is 0 Å². The molecule has 1 atom stereocenters. The monoisotopic (exact) mass is 405 g/mol. The summed E-state index contributed by atoms with van der Waals surface area (Å²) in [5.74, 6) is 1.31. The number of pyridine rings is 1. The number of amides is 1. The van der Waals surface area contributed by atoms with Crippen LogP contribution in [-0.4, -0.2) is 45.9 Å². The van der Waals surface area contributed by atoms with Gasteiger partial charge in [-0.3, -0.25) is 9.78 Å². The predicted octanol–water partition coefficient (Wildman–Crippen LogP) is 3.67. The maximum atomic E-state index is 13.1. The fraction of sp³-hybridized carbons (Fsp3) is 0.304. The van der Waals surface area contributed by atoms with Crippen molar-refractivity contribution in [2.45, 2.75) is 25.2 Å². The number of piperidine rings is 1. The Morgan fingerprint density at radius 2 is 1.93 bits per heavy atom. The molecule has 0 saturated carbocycles. The third kappa shape index (κ3) is 4.62. The fourth-order valence-corrected chi connectivity index (χ4v) is 3.77. The van der Waals surface area contributed by atoms with Crippen molar-refractivity contribution in [2.24, 2.45) is 0 Å². The molecule has 1 amide bonds. The van der Waals surface area contributed by atoms with E-state index in [1.54, 1.807) is 24.5 Å². The first kappa shape index (κ1) is 19.9. The highest BCUT2D eigenvalue weighted by molar-refractivity contribution is 5.79. The molecule has 0 unspecified atom stereocenters. The Labute approximate surface area is 175 Å². The summed E-state index contributed by atoms with van der Waals surface area (Å²) in [6, 6.07) is 11.8. The maximum Gasteiger partial charge on any atom is 0.227 e. The van der Waals surface area contributed by atoms with Crippen molar-refractivity contribution in [3.8, 4) is 11.4 Å². The van der Waals surface area contributed by atoms with Crippen LogP contribution in [0.15, 0.2) is 54.9 Å². The number of aromatic nitrogens is 3. The van der Waals surface area contributed by atoms with Crippen LogP contribution in [-0.2, 0) is 11.2 Å². The van der Waals surface area contributed by atoms with Gasteiger partial charge in [0.25, 0.3) is 0 Å². The van der Waals surface area contributed by atoms with E-state index in [4.69, 9.17) is 4.98 Å². The molecule has 1 fully saturated rings. The third-order valence-corrected chi connectivity index (χ3v) is 5.40. The summed E-state index contributed by atoms with van der Waals surface area (Å²) < 4.78 is 13.1. The zero-order valence-corrected chi connectivity index (χ0v) is 16.9. The van der Waals surface area contributed by atoms with Crippen LogP contribution < -0.4 is 5.32 Å². The summed E-state index contributed by atoms with van der Waals surface area (Å²) in [7, 11) is 1.84. The standard InChI is InChI=1S/C23H24FN5O/c1-25-21-14-20(27-23(28-21)17-8-10-26-11-9-17)18-3-2-12-29(15-18)22(30)13-16-4-6-19(24)7-5-16/h4-11,14,18H,2-3,12-13,15H2,1H3,(H,25,27,28)/t18-/m1/s1. The van der Waals surface area contributed by atoms with Crippen LogP contribution in [0.2, 0.25) is 0 Å². The molecule has 154 valence electrons. The lowest BCUT2D eigenvalue weighted by atomic mass is 9.93. The normalized spacial score (nSPS) is 16.3. The minimum Gasteiger partial charge on any atom is -0.373 e. The molecule has 1 aliphatic heterocycles. The molecule has 0 aliphatic carbocycles. The van der Waals surface area contributed by atoms with Gasteiger partial charge >= 0.3 is 0 Å². The minimum atomic E-state index is -0.293. The molecular weight excluding hydrogens is 381 g/mol. The van der Waals surface area contributed by atoms with Crippen LogP contribution in [0.4, 0.5) is 10.2 Å². The molecule has 3 aromatic rings. The molecule has 1 aromatic carbocycles. The molecule has 3 heterocycles. The highest BCUT2D eigenvalue weighted by Gasteiger charge is 2.26. The van der Waals surface area contributed by atoms with E-state index in [0.29, 0.717) is 12.4 Å². The number of hydrogen-bond donors (Lipinski definition) is 1. The molecule has 2 aromatic heterocycles. The van der Waals surface area contributed by atoms with Gasteiger partial charge in [0.05, 0.1) is 12.1 Å². The van der Waals surface area contributed by atoms with Crippen molar-refractivity contribution >= 4 is 11.7 Å². The third-order valence-electron chi connectivity index (χ3n) is 5.40. The first-order valence-electron chi connectivity index (χ1n) is 10.1. The van der Waals surface area contributed by atoms with Gasteiger partial charge in [-0.05, 0) is 42.7 Å². The van der Waals surface area contributed by atoms with Gasteiger partial charge in [-0.2, -0.15) is 0 Å². The Bertz CT molecular complexity index is 1010. The Kier molecular flexibility index (Phi) is 5.97. The van der Waals surface area contributed by atoms with Crippen LogP contribution in [0, 0.1) is 5.82 Å². The van der Waals surface area contributed by atoms with Crippen LogP contribution >= 0.6 is 0 Å². The van der Waals surface area contributed by atoms with Crippen LogP contribution in [0.3, 0.4) is 0 Å². The van der Waals surface area contributed by atoms with E-state index in [2.05, 4.69) is 15.3 Å². The SMILES string of the molecule is CNc1cc([C@@H]2CCCN(C(=O)Cc3ccc(F)cc3)C2)nc(-c2ccncc2)n1. The zero-order valence-electron chi connectivity index (χ0n) is 16.9. The van der Waals surface area contributed by atoms with Gasteiger partial charge in [-0.25, -0.2) is 14.4 Å².